The zero-order chi connectivity index (χ0) is 23.4. The Morgan fingerprint density at radius 1 is 0.677 bits per heavy atom. The highest BCUT2D eigenvalue weighted by Gasteiger charge is 2.43. The lowest BCUT2D eigenvalue weighted by atomic mass is 10.0. The number of unbranched alkanes of at least 4 members (excludes halogenated alkanes) is 14. The topological polar surface area (TPSA) is 26.3 Å². The number of hydrogen-bond donors (Lipinski definition) is 0. The predicted octanol–water partition coefficient (Wildman–Crippen LogP) is 9.77. The maximum atomic E-state index is 12.2. The SMILES string of the molecule is C=C(C)C(=O)OC(CCCCCCCCCCCCCCCCC)[P+](CC)(CC)CC. The molecular weight excluding hydrogens is 399 g/mol. The van der Waals surface area contributed by atoms with Crippen molar-refractivity contribution >= 4 is 13.2 Å². The Morgan fingerprint density at radius 2 is 1.03 bits per heavy atom. The number of ether oxygens (including phenoxy) is 1. The van der Waals surface area contributed by atoms with Crippen LogP contribution in [0.3, 0.4) is 0 Å². The minimum absolute atomic E-state index is 0.138. The summed E-state index contributed by atoms with van der Waals surface area (Å²) in [4.78, 5) is 12.2. The van der Waals surface area contributed by atoms with Gasteiger partial charge < -0.3 is 4.74 Å². The van der Waals surface area contributed by atoms with Gasteiger partial charge in [-0.3, -0.25) is 0 Å². The summed E-state index contributed by atoms with van der Waals surface area (Å²) < 4.78 is 5.98. The smallest absolute Gasteiger partial charge is 0.336 e. The van der Waals surface area contributed by atoms with E-state index in [1.165, 1.54) is 115 Å². The Labute approximate surface area is 196 Å². The molecule has 0 amide bonds. The van der Waals surface area contributed by atoms with Crippen LogP contribution < -0.4 is 0 Å². The number of rotatable bonds is 22. The monoisotopic (exact) mass is 455 g/mol. The summed E-state index contributed by atoms with van der Waals surface area (Å²) in [5, 5.41) is 0. The molecule has 1 unspecified atom stereocenters. The van der Waals surface area contributed by atoms with Crippen molar-refractivity contribution in [1.29, 1.82) is 0 Å². The van der Waals surface area contributed by atoms with Gasteiger partial charge in [-0.25, -0.2) is 4.79 Å². The average molecular weight is 456 g/mol. The third-order valence-corrected chi connectivity index (χ3v) is 12.5. The molecule has 0 heterocycles. The first-order chi connectivity index (χ1) is 15.0. The maximum absolute atomic E-state index is 12.2. The third kappa shape index (κ3) is 14.4. The second kappa shape index (κ2) is 20.3. The lowest BCUT2D eigenvalue weighted by Gasteiger charge is -2.32. The van der Waals surface area contributed by atoms with Gasteiger partial charge in [0.1, 0.15) is 0 Å². The van der Waals surface area contributed by atoms with Crippen LogP contribution in [0.25, 0.3) is 0 Å². The molecule has 0 bridgehead atoms. The van der Waals surface area contributed by atoms with Crippen LogP contribution in [0.4, 0.5) is 0 Å². The van der Waals surface area contributed by atoms with E-state index in [2.05, 4.69) is 34.3 Å². The molecule has 0 rings (SSSR count). The Kier molecular flexibility index (Phi) is 20.0. The van der Waals surface area contributed by atoms with Gasteiger partial charge in [-0.1, -0.05) is 103 Å². The largest absolute Gasteiger partial charge is 0.424 e. The minimum atomic E-state index is -1.21. The Morgan fingerprint density at radius 3 is 1.35 bits per heavy atom. The second-order valence-electron chi connectivity index (χ2n) is 9.55. The zero-order valence-corrected chi connectivity index (χ0v) is 22.9. The van der Waals surface area contributed by atoms with Crippen LogP contribution in [-0.4, -0.2) is 30.3 Å². The van der Waals surface area contributed by atoms with Gasteiger partial charge in [-0.15, -0.1) is 0 Å². The van der Waals surface area contributed by atoms with Crippen molar-refractivity contribution in [3.63, 3.8) is 0 Å². The maximum Gasteiger partial charge on any atom is 0.336 e. The summed E-state index contributed by atoms with van der Waals surface area (Å²) in [5.74, 6) is -0.0515. The molecule has 184 valence electrons. The zero-order valence-electron chi connectivity index (χ0n) is 22.0. The van der Waals surface area contributed by atoms with E-state index in [4.69, 9.17) is 4.74 Å². The summed E-state index contributed by atoms with van der Waals surface area (Å²) in [7, 11) is -1.21. The highest BCUT2D eigenvalue weighted by Crippen LogP contribution is 2.63. The van der Waals surface area contributed by atoms with Gasteiger partial charge in [0.2, 0.25) is 5.85 Å². The van der Waals surface area contributed by atoms with Crippen LogP contribution in [0.1, 0.15) is 137 Å². The van der Waals surface area contributed by atoms with Crippen molar-refractivity contribution in [3.8, 4) is 0 Å². The molecular formula is C28H56O2P+. The van der Waals surface area contributed by atoms with Crippen molar-refractivity contribution in [1.82, 2.24) is 0 Å². The number of carbonyl (C=O) groups is 1. The fourth-order valence-corrected chi connectivity index (χ4v) is 8.25. The summed E-state index contributed by atoms with van der Waals surface area (Å²) in [6.07, 6.45) is 25.3. The van der Waals surface area contributed by atoms with Crippen molar-refractivity contribution in [2.24, 2.45) is 0 Å². The van der Waals surface area contributed by atoms with Crippen LogP contribution in [0.5, 0.6) is 0 Å². The number of hydrogen-bond acceptors (Lipinski definition) is 2. The fraction of sp³-hybridized carbons (Fsp3) is 0.893. The first-order valence-corrected chi connectivity index (χ1v) is 16.1. The molecule has 0 saturated carbocycles. The molecule has 0 aliphatic carbocycles. The van der Waals surface area contributed by atoms with Gasteiger partial charge in [0.25, 0.3) is 0 Å². The lowest BCUT2D eigenvalue weighted by Crippen LogP contribution is -2.26. The molecule has 1 atom stereocenters. The summed E-state index contributed by atoms with van der Waals surface area (Å²) in [5.41, 5.74) is 0.530. The quantitative estimate of drug-likeness (QED) is 0.0702. The van der Waals surface area contributed by atoms with Crippen LogP contribution in [-0.2, 0) is 9.53 Å². The fourth-order valence-electron chi connectivity index (χ4n) is 4.64. The van der Waals surface area contributed by atoms with E-state index >= 15 is 0 Å². The van der Waals surface area contributed by atoms with Crippen LogP contribution >= 0.6 is 7.26 Å². The van der Waals surface area contributed by atoms with Gasteiger partial charge in [0.15, 0.2) is 0 Å². The molecule has 3 heteroatoms. The van der Waals surface area contributed by atoms with Gasteiger partial charge in [-0.2, -0.15) is 0 Å². The lowest BCUT2D eigenvalue weighted by molar-refractivity contribution is -0.140. The molecule has 2 nitrogen and oxygen atoms in total. The molecule has 0 radical (unpaired) electrons. The van der Waals surface area contributed by atoms with E-state index < -0.39 is 7.26 Å². The van der Waals surface area contributed by atoms with Gasteiger partial charge >= 0.3 is 5.97 Å². The van der Waals surface area contributed by atoms with E-state index in [0.717, 1.165) is 6.42 Å². The third-order valence-electron chi connectivity index (χ3n) is 7.15. The molecule has 0 fully saturated rings. The number of esters is 1. The molecule has 0 aromatic rings. The second-order valence-corrected chi connectivity index (χ2v) is 14.5. The standard InChI is InChI=1S/C28H56O2P/c1-7-11-12-13-14-15-16-17-18-19-20-21-22-23-24-25-27(30-28(29)26(5)6)31(8-2,9-3)10-4/h27H,5,7-25H2,1-4,6H3/q+1. The van der Waals surface area contributed by atoms with Crippen LogP contribution in [0.15, 0.2) is 12.2 Å². The predicted molar refractivity (Wildman–Crippen MR) is 143 cm³/mol. The first kappa shape index (κ1) is 30.6. The van der Waals surface area contributed by atoms with Crippen molar-refractivity contribution < 1.29 is 9.53 Å². The summed E-state index contributed by atoms with van der Waals surface area (Å²) in [6.45, 7) is 14.7. The molecule has 0 aromatic heterocycles. The van der Waals surface area contributed by atoms with E-state index in [1.807, 2.05) is 0 Å². The van der Waals surface area contributed by atoms with E-state index in [-0.39, 0.29) is 11.8 Å². The molecule has 0 aromatic carbocycles. The minimum Gasteiger partial charge on any atom is -0.424 e. The summed E-state index contributed by atoms with van der Waals surface area (Å²) >= 11 is 0. The van der Waals surface area contributed by atoms with Crippen molar-refractivity contribution in [2.75, 3.05) is 18.5 Å². The molecule has 31 heavy (non-hydrogen) atoms. The van der Waals surface area contributed by atoms with Crippen molar-refractivity contribution in [2.45, 2.75) is 143 Å². The van der Waals surface area contributed by atoms with E-state index in [0.29, 0.717) is 5.57 Å². The first-order valence-electron chi connectivity index (χ1n) is 13.7. The van der Waals surface area contributed by atoms with Gasteiger partial charge in [-0.05, 0) is 34.1 Å². The number of carbonyl (C=O) groups excluding carboxylic acids is 1. The molecule has 0 N–H and O–H groups in total. The van der Waals surface area contributed by atoms with Gasteiger partial charge in [0, 0.05) is 12.0 Å². The Balaban J connectivity index is 3.92. The molecule has 0 spiro atoms. The van der Waals surface area contributed by atoms with Crippen LogP contribution in [0, 0.1) is 0 Å². The van der Waals surface area contributed by atoms with E-state index in [1.54, 1.807) is 6.92 Å². The molecule has 0 aliphatic rings. The van der Waals surface area contributed by atoms with Gasteiger partial charge in [0.05, 0.1) is 25.7 Å². The normalized spacial score (nSPS) is 12.7. The Bertz CT molecular complexity index is 434. The van der Waals surface area contributed by atoms with E-state index in [9.17, 15) is 4.79 Å². The Hall–Kier alpha value is -0.360. The highest BCUT2D eigenvalue weighted by molar-refractivity contribution is 7.76. The van der Waals surface area contributed by atoms with Crippen LogP contribution in [0.2, 0.25) is 0 Å². The highest BCUT2D eigenvalue weighted by atomic mass is 31.2. The summed E-state index contributed by atoms with van der Waals surface area (Å²) in [6, 6.07) is 0. The molecule has 0 aliphatic heterocycles. The molecule has 0 saturated heterocycles. The average Bonchev–Trinajstić information content (AvgIpc) is 2.77. The van der Waals surface area contributed by atoms with Crippen molar-refractivity contribution in [3.05, 3.63) is 12.2 Å².